The van der Waals surface area contributed by atoms with E-state index in [9.17, 15) is 96.8 Å². The highest BCUT2D eigenvalue weighted by Crippen LogP contribution is 2.17. The van der Waals surface area contributed by atoms with Gasteiger partial charge in [0.2, 0.25) is 88.6 Å². The standard InChI is InChI=1S/C71H111N23O20S/c1-9-37(8)58(94-69(113)57(36(6)7)92-64(108)43(11-10-22-79-71(75)76)85-67(111)50(31-115)84-53(98)29-80-60(104)47(24-38-12-14-41(95)15-13-38)88-59(103)42(72)16-19-51(73)96)70(114)87-44(17-20-52(74)97)62(106)90-49(26-40-28-78-33-83-40)66(110)93-56(35(4)5)68(112)91-46(23-34(2)3)65(109)86-45(18-21-54(99)100)63(107)89-48(25-39-27-77-32-82-39)61(105)81-30-55(101)102/h12-15,27-28,32-37,42-50,56-58,95,115H,9-11,16-26,29-31,72H2,1-8H3,(H2,73,96)(H2,74,97)(H,77,82)(H,78,83)(H,80,104)(H,81,105)(H,84,98)(H,85,111)(H,86,109)(H,87,114)(H,88,103)(H,89,107)(H,90,106)(H,91,112)(H,92,108)(H,93,110)(H,94,113)(H,99,100)(H,101,102)(H4,75,76,79)/t37-,42-,43-,44-,45-,46-,47-,48-,49-,50-,56-,57-,58-/m0/s1. The predicted molar refractivity (Wildman–Crippen MR) is 415 cm³/mol. The van der Waals surface area contributed by atoms with Gasteiger partial charge in [-0.3, -0.25) is 86.9 Å². The lowest BCUT2D eigenvalue weighted by molar-refractivity contribution is -0.139. The van der Waals surface area contributed by atoms with E-state index < -0.39 is 236 Å². The number of aromatic nitrogens is 4. The first kappa shape index (κ1) is 97.2. The number of guanidine groups is 1. The number of hydrogen-bond donors (Lipinski definition) is 25. The average Bonchev–Trinajstić information content (AvgIpc) is 1.10. The normalized spacial score (nSPS) is 14.5. The Kier molecular flexibility index (Phi) is 41.8. The summed E-state index contributed by atoms with van der Waals surface area (Å²) < 4.78 is 0. The molecule has 0 aliphatic heterocycles. The fourth-order valence-electron chi connectivity index (χ4n) is 11.2. The van der Waals surface area contributed by atoms with Gasteiger partial charge in [-0.15, -0.1) is 0 Å². The Morgan fingerprint density at radius 1 is 0.461 bits per heavy atom. The smallest absolute Gasteiger partial charge is 0.322 e. The minimum atomic E-state index is -1.69. The molecular weight excluding hydrogens is 1530 g/mol. The molecule has 0 aliphatic rings. The van der Waals surface area contributed by atoms with Gasteiger partial charge in [-0.1, -0.05) is 73.9 Å². The summed E-state index contributed by atoms with van der Waals surface area (Å²) in [4.78, 5) is 243. The molecule has 15 amide bonds. The molecule has 0 aliphatic carbocycles. The maximum absolute atomic E-state index is 14.7. The van der Waals surface area contributed by atoms with Gasteiger partial charge in [0.15, 0.2) is 5.96 Å². The van der Waals surface area contributed by atoms with Gasteiger partial charge in [-0.05, 0) is 79.9 Å². The van der Waals surface area contributed by atoms with Gasteiger partial charge in [0.05, 0.1) is 36.6 Å². The van der Waals surface area contributed by atoms with Crippen molar-refractivity contribution in [1.29, 1.82) is 5.41 Å². The number of rotatable bonds is 53. The van der Waals surface area contributed by atoms with E-state index >= 15 is 0 Å². The van der Waals surface area contributed by atoms with Crippen LogP contribution >= 0.6 is 12.6 Å². The monoisotopic (exact) mass is 1640 g/mol. The molecule has 0 fully saturated rings. The van der Waals surface area contributed by atoms with E-state index in [2.05, 4.69) is 107 Å². The van der Waals surface area contributed by atoms with Crippen molar-refractivity contribution in [2.24, 2.45) is 46.6 Å². The van der Waals surface area contributed by atoms with Crippen LogP contribution in [0.2, 0.25) is 0 Å². The molecule has 115 heavy (non-hydrogen) atoms. The molecule has 0 radical (unpaired) electrons. The molecule has 3 rings (SSSR count). The Balaban J connectivity index is 1.90. The van der Waals surface area contributed by atoms with E-state index in [0.717, 1.165) is 0 Å². The highest BCUT2D eigenvalue weighted by molar-refractivity contribution is 7.80. The van der Waals surface area contributed by atoms with Crippen molar-refractivity contribution in [3.8, 4) is 5.75 Å². The number of phenolic OH excluding ortho intramolecular Hbond substituents is 1. The van der Waals surface area contributed by atoms with Crippen LogP contribution < -0.4 is 97.4 Å². The molecule has 0 unspecified atom stereocenters. The molecule has 1 aromatic carbocycles. The highest BCUT2D eigenvalue weighted by atomic mass is 32.1. The minimum absolute atomic E-state index is 0.0180. The van der Waals surface area contributed by atoms with Crippen molar-refractivity contribution in [2.75, 3.05) is 25.4 Å². The second kappa shape index (κ2) is 49.5. The number of aromatic amines is 2. The summed E-state index contributed by atoms with van der Waals surface area (Å²) in [5, 5.41) is 71.3. The number of carboxylic acids is 2. The van der Waals surface area contributed by atoms with E-state index in [1.165, 1.54) is 49.3 Å². The number of aromatic hydroxyl groups is 1. The molecule has 28 N–H and O–H groups in total. The first-order valence-corrected chi connectivity index (χ1v) is 37.8. The zero-order chi connectivity index (χ0) is 86.3. The number of carbonyl (C=O) groups excluding carboxylic acids is 15. The first-order valence-electron chi connectivity index (χ1n) is 37.2. The van der Waals surface area contributed by atoms with Crippen LogP contribution in [0, 0.1) is 29.1 Å². The molecule has 13 atom stereocenters. The molecule has 2 aromatic heterocycles. The topological polar surface area (TPSA) is 705 Å². The van der Waals surface area contributed by atoms with Crippen molar-refractivity contribution >= 4 is 119 Å². The number of aliphatic carboxylic acids is 2. The second-order valence-electron chi connectivity index (χ2n) is 28.5. The van der Waals surface area contributed by atoms with Gasteiger partial charge in [0.25, 0.3) is 0 Å². The lowest BCUT2D eigenvalue weighted by atomic mass is 9.95. The largest absolute Gasteiger partial charge is 0.508 e. The highest BCUT2D eigenvalue weighted by Gasteiger charge is 2.39. The third kappa shape index (κ3) is 36.1. The average molecular weight is 1640 g/mol. The van der Waals surface area contributed by atoms with Gasteiger partial charge in [-0.2, -0.15) is 12.6 Å². The number of benzene rings is 1. The van der Waals surface area contributed by atoms with Gasteiger partial charge < -0.3 is 123 Å². The molecule has 0 bridgehead atoms. The lowest BCUT2D eigenvalue weighted by Crippen LogP contribution is -2.62. The molecular formula is C71H111N23O20S. The van der Waals surface area contributed by atoms with Crippen LogP contribution in [0.3, 0.4) is 0 Å². The van der Waals surface area contributed by atoms with E-state index in [1.807, 2.05) is 0 Å². The van der Waals surface area contributed by atoms with E-state index in [0.29, 0.717) is 5.56 Å². The predicted octanol–water partition coefficient (Wildman–Crippen LogP) is -6.16. The van der Waals surface area contributed by atoms with Crippen molar-refractivity contribution in [3.63, 3.8) is 0 Å². The van der Waals surface area contributed by atoms with Gasteiger partial charge in [-0.25, -0.2) is 9.97 Å². The molecule has 44 heteroatoms. The second-order valence-corrected chi connectivity index (χ2v) is 28.8. The Bertz CT molecular complexity index is 3810. The number of hydrogen-bond acceptors (Lipinski definition) is 23. The summed E-state index contributed by atoms with van der Waals surface area (Å²) in [6.45, 7) is 11.3. The van der Waals surface area contributed by atoms with E-state index in [-0.39, 0.29) is 93.1 Å². The van der Waals surface area contributed by atoms with Crippen molar-refractivity contribution < 1.29 is 96.8 Å². The summed E-state index contributed by atoms with van der Waals surface area (Å²) in [6, 6.07) is -12.3. The van der Waals surface area contributed by atoms with E-state index in [1.54, 1.807) is 55.4 Å². The molecule has 3 aromatic rings. The van der Waals surface area contributed by atoms with Crippen LogP contribution in [0.25, 0.3) is 0 Å². The summed E-state index contributed by atoms with van der Waals surface area (Å²) in [5.74, 6) is -20.4. The van der Waals surface area contributed by atoms with Gasteiger partial charge >= 0.3 is 11.9 Å². The molecule has 0 saturated carbocycles. The zero-order valence-electron chi connectivity index (χ0n) is 65.3. The van der Waals surface area contributed by atoms with Crippen molar-refractivity contribution in [3.05, 3.63) is 66.3 Å². The van der Waals surface area contributed by atoms with Crippen LogP contribution in [-0.4, -0.2) is 240 Å². The number of primary amides is 2. The quantitative estimate of drug-likeness (QED) is 0.0108. The SMILES string of the molecule is CC[C@H](C)[C@H](NC(=O)[C@@H](NC(=O)[C@H](CCCNC(=N)N)NC(=O)[C@H](CS)NC(=O)CNC(=O)[C@H](Cc1ccc(O)cc1)NC(=O)[C@@H](N)CCC(N)=O)C(C)C)C(=O)N[C@@H](CCC(N)=O)C(=O)N[C@@H](Cc1c[nH]cn1)C(=O)N[C@H](C(=O)N[C@@H](CC(C)C)C(=O)N[C@@H](CCC(=O)O)C(=O)N[C@@H](Cc1c[nH]cn1)C(=O)NCC(=O)O)C(C)C. The number of nitrogens with one attached hydrogen (secondary N) is 17. The van der Waals surface area contributed by atoms with Gasteiger partial charge in [0, 0.05) is 63.2 Å². The summed E-state index contributed by atoms with van der Waals surface area (Å²) in [5.41, 5.74) is 23.1. The molecule has 43 nitrogen and oxygen atoms in total. The van der Waals surface area contributed by atoms with Gasteiger partial charge in [0.1, 0.15) is 78.8 Å². The number of carbonyl (C=O) groups is 17. The number of imidazole rings is 2. The number of thiol groups is 1. The Morgan fingerprint density at radius 2 is 0.870 bits per heavy atom. The van der Waals surface area contributed by atoms with E-state index in [4.69, 9.17) is 28.3 Å². The Hall–Kier alpha value is -12.0. The van der Waals surface area contributed by atoms with Crippen molar-refractivity contribution in [1.82, 2.24) is 94.4 Å². The Morgan fingerprint density at radius 3 is 1.34 bits per heavy atom. The van der Waals surface area contributed by atoms with Crippen LogP contribution in [-0.2, 0) is 101 Å². The summed E-state index contributed by atoms with van der Waals surface area (Å²) >= 11 is 4.24. The number of amides is 15. The number of nitrogens with two attached hydrogens (primary N) is 4. The maximum atomic E-state index is 14.7. The maximum Gasteiger partial charge on any atom is 0.322 e. The van der Waals surface area contributed by atoms with Crippen LogP contribution in [0.5, 0.6) is 5.75 Å². The van der Waals surface area contributed by atoms with Crippen molar-refractivity contribution in [2.45, 2.75) is 211 Å². The molecule has 636 valence electrons. The fourth-order valence-corrected chi connectivity index (χ4v) is 11.4. The molecule has 0 spiro atoms. The molecule has 0 saturated heterocycles. The minimum Gasteiger partial charge on any atom is -0.508 e. The third-order valence-electron chi connectivity index (χ3n) is 17.8. The zero-order valence-corrected chi connectivity index (χ0v) is 66.2. The summed E-state index contributed by atoms with van der Waals surface area (Å²) in [7, 11) is 0. The fraction of sp³-hybridized carbons (Fsp3) is 0.577. The van der Waals surface area contributed by atoms with Crippen LogP contribution in [0.1, 0.15) is 137 Å². The van der Waals surface area contributed by atoms with Crippen LogP contribution in [0.4, 0.5) is 0 Å². The first-order chi connectivity index (χ1) is 54.1. The Labute approximate surface area is 668 Å². The number of nitrogens with zero attached hydrogens (tertiary/aromatic N) is 2. The number of phenols is 1. The molecule has 2 heterocycles. The van der Waals surface area contributed by atoms with Crippen LogP contribution in [0.15, 0.2) is 49.3 Å². The third-order valence-corrected chi connectivity index (χ3v) is 18.1. The number of carboxylic acid groups (broad SMARTS) is 2. The summed E-state index contributed by atoms with van der Waals surface area (Å²) in [6.07, 6.45) is 1.99. The number of H-pyrrole nitrogens is 2. The lowest BCUT2D eigenvalue weighted by Gasteiger charge is -2.31.